The number of unbranched alkanes of at least 4 members (excludes halogenated alkanes) is 1. The highest BCUT2D eigenvalue weighted by Gasteiger charge is 2.15. The highest BCUT2D eigenvalue weighted by molar-refractivity contribution is 7.86. The molecule has 0 unspecified atom stereocenters. The Morgan fingerprint density at radius 2 is 1.84 bits per heavy atom. The van der Waals surface area contributed by atoms with Gasteiger partial charge in [0.1, 0.15) is 10.6 Å². The summed E-state index contributed by atoms with van der Waals surface area (Å²) in [6.45, 7) is 2.09. The molecule has 4 nitrogen and oxygen atoms in total. The number of phenolic OH excluding ortho intramolecular Hbond substituents is 1. The van der Waals surface area contributed by atoms with Gasteiger partial charge in [0.25, 0.3) is 10.1 Å². The van der Waals surface area contributed by atoms with E-state index in [1.165, 1.54) is 12.1 Å². The van der Waals surface area contributed by atoms with Crippen LogP contribution in [0.4, 0.5) is 0 Å². The molecule has 19 heavy (non-hydrogen) atoms. The largest absolute Gasteiger partial charge is 0.507 e. The van der Waals surface area contributed by atoms with E-state index in [9.17, 15) is 18.1 Å². The molecule has 0 saturated heterocycles. The van der Waals surface area contributed by atoms with E-state index in [0.717, 1.165) is 24.8 Å². The molecule has 0 heterocycles. The highest BCUT2D eigenvalue weighted by Crippen LogP contribution is 2.31. The quantitative estimate of drug-likeness (QED) is 0.844. The number of hydrogen-bond acceptors (Lipinski definition) is 3. The molecule has 2 N–H and O–H groups in total. The van der Waals surface area contributed by atoms with Crippen LogP contribution in [-0.4, -0.2) is 18.1 Å². The fourth-order valence-electron chi connectivity index (χ4n) is 2.11. The predicted octanol–water partition coefficient (Wildman–Crippen LogP) is 3.13. The summed E-state index contributed by atoms with van der Waals surface area (Å²) in [5.41, 5.74) is 1.04. The van der Waals surface area contributed by atoms with Crippen LogP contribution in [0.15, 0.2) is 35.2 Å². The van der Waals surface area contributed by atoms with Gasteiger partial charge in [-0.2, -0.15) is 8.42 Å². The molecule has 0 radical (unpaired) electrons. The summed E-state index contributed by atoms with van der Waals surface area (Å²) < 4.78 is 31.8. The van der Waals surface area contributed by atoms with Crippen molar-refractivity contribution in [1.29, 1.82) is 0 Å². The van der Waals surface area contributed by atoms with Gasteiger partial charge in [0.15, 0.2) is 0 Å². The normalized spacial score (nSPS) is 11.9. The van der Waals surface area contributed by atoms with Crippen LogP contribution >= 0.6 is 0 Å². The minimum Gasteiger partial charge on any atom is -0.507 e. The van der Waals surface area contributed by atoms with Gasteiger partial charge in [-0.15, -0.1) is 0 Å². The van der Waals surface area contributed by atoms with E-state index >= 15 is 0 Å². The Bertz CT molecular complexity index is 705. The van der Waals surface area contributed by atoms with Crippen molar-refractivity contribution in [2.75, 3.05) is 0 Å². The molecule has 0 amide bonds. The molecular weight excluding hydrogens is 264 g/mol. The third-order valence-corrected chi connectivity index (χ3v) is 4.03. The molecule has 0 fully saturated rings. The third kappa shape index (κ3) is 2.88. The van der Waals surface area contributed by atoms with Crippen molar-refractivity contribution in [3.8, 4) is 5.75 Å². The highest BCUT2D eigenvalue weighted by atomic mass is 32.2. The Morgan fingerprint density at radius 3 is 2.47 bits per heavy atom. The van der Waals surface area contributed by atoms with Crippen molar-refractivity contribution >= 4 is 20.9 Å². The average molecular weight is 280 g/mol. The van der Waals surface area contributed by atoms with E-state index in [0.29, 0.717) is 10.8 Å². The summed E-state index contributed by atoms with van der Waals surface area (Å²) in [6.07, 6.45) is 2.97. The molecule has 0 spiro atoms. The number of aromatic hydroxyl groups is 1. The molecule has 2 rings (SSSR count). The van der Waals surface area contributed by atoms with Crippen molar-refractivity contribution in [3.63, 3.8) is 0 Å². The first-order chi connectivity index (χ1) is 8.93. The zero-order chi connectivity index (χ0) is 14.0. The van der Waals surface area contributed by atoms with Crippen molar-refractivity contribution in [1.82, 2.24) is 0 Å². The number of hydrogen-bond donors (Lipinski definition) is 2. The van der Waals surface area contributed by atoms with Gasteiger partial charge in [0.2, 0.25) is 0 Å². The van der Waals surface area contributed by atoms with Gasteiger partial charge in [-0.1, -0.05) is 25.5 Å². The lowest BCUT2D eigenvalue weighted by molar-refractivity contribution is 0.479. The Hall–Kier alpha value is -1.59. The minimum absolute atomic E-state index is 0.0146. The molecule has 2 aromatic carbocycles. The first-order valence-electron chi connectivity index (χ1n) is 6.15. The van der Waals surface area contributed by atoms with Crippen LogP contribution in [0.2, 0.25) is 0 Å². The second-order valence-electron chi connectivity index (χ2n) is 4.54. The lowest BCUT2D eigenvalue weighted by atomic mass is 10.0. The first-order valence-corrected chi connectivity index (χ1v) is 7.59. The van der Waals surface area contributed by atoms with Crippen molar-refractivity contribution in [3.05, 3.63) is 35.9 Å². The van der Waals surface area contributed by atoms with E-state index in [1.807, 2.05) is 6.07 Å². The molecule has 0 aliphatic heterocycles. The average Bonchev–Trinajstić information content (AvgIpc) is 2.35. The van der Waals surface area contributed by atoms with E-state index in [2.05, 4.69) is 6.92 Å². The second kappa shape index (κ2) is 5.19. The van der Waals surface area contributed by atoms with E-state index in [4.69, 9.17) is 0 Å². The van der Waals surface area contributed by atoms with Gasteiger partial charge in [-0.3, -0.25) is 4.55 Å². The molecule has 0 aromatic heterocycles. The smallest absolute Gasteiger partial charge is 0.295 e. The molecule has 0 atom stereocenters. The van der Waals surface area contributed by atoms with Gasteiger partial charge in [-0.25, -0.2) is 0 Å². The number of aryl methyl sites for hydroxylation is 1. The van der Waals surface area contributed by atoms with E-state index in [1.54, 1.807) is 12.1 Å². The molecule has 2 aromatic rings. The Labute approximate surface area is 112 Å². The summed E-state index contributed by atoms with van der Waals surface area (Å²) in [7, 11) is -4.29. The molecule has 0 aliphatic rings. The predicted molar refractivity (Wildman–Crippen MR) is 74.0 cm³/mol. The minimum atomic E-state index is -4.29. The molecular formula is C14H16O4S. The number of fused-ring (bicyclic) bond motifs is 1. The SMILES string of the molecule is CCCCc1ccc2c(S(=O)(=O)O)ccc(O)c2c1. The van der Waals surface area contributed by atoms with Gasteiger partial charge in [0.05, 0.1) is 0 Å². The fourth-order valence-corrected chi connectivity index (χ4v) is 2.81. The van der Waals surface area contributed by atoms with Gasteiger partial charge in [0, 0.05) is 10.8 Å². The number of rotatable bonds is 4. The molecule has 0 aliphatic carbocycles. The summed E-state index contributed by atoms with van der Waals surface area (Å²) in [6, 6.07) is 7.72. The van der Waals surface area contributed by atoms with Gasteiger partial charge in [-0.05, 0) is 36.6 Å². The summed E-state index contributed by atoms with van der Waals surface area (Å²) >= 11 is 0. The Morgan fingerprint density at radius 1 is 1.11 bits per heavy atom. The zero-order valence-electron chi connectivity index (χ0n) is 10.6. The molecule has 102 valence electrons. The van der Waals surface area contributed by atoms with E-state index in [-0.39, 0.29) is 10.6 Å². The summed E-state index contributed by atoms with van der Waals surface area (Å²) in [5.74, 6) is 0.0146. The van der Waals surface area contributed by atoms with E-state index < -0.39 is 10.1 Å². The Kier molecular flexibility index (Phi) is 3.78. The first kappa shape index (κ1) is 13.8. The second-order valence-corrected chi connectivity index (χ2v) is 5.93. The van der Waals surface area contributed by atoms with Crippen molar-refractivity contribution < 1.29 is 18.1 Å². The topological polar surface area (TPSA) is 74.6 Å². The molecule has 5 heteroatoms. The lowest BCUT2D eigenvalue weighted by Gasteiger charge is -2.08. The third-order valence-electron chi connectivity index (χ3n) is 3.11. The summed E-state index contributed by atoms with van der Waals surface area (Å²) in [5, 5.41) is 10.6. The standard InChI is InChI=1S/C14H16O4S/c1-2-3-4-10-5-6-11-12(9-10)13(15)7-8-14(11)19(16,17)18/h5-9,15H,2-4H2,1H3,(H,16,17,18). The maximum atomic E-state index is 11.3. The van der Waals surface area contributed by atoms with Gasteiger partial charge < -0.3 is 5.11 Å². The van der Waals surface area contributed by atoms with Crippen LogP contribution < -0.4 is 0 Å². The van der Waals surface area contributed by atoms with Gasteiger partial charge >= 0.3 is 0 Å². The zero-order valence-corrected chi connectivity index (χ0v) is 11.4. The lowest BCUT2D eigenvalue weighted by Crippen LogP contribution is -1.99. The van der Waals surface area contributed by atoms with Crippen molar-refractivity contribution in [2.24, 2.45) is 0 Å². The summed E-state index contributed by atoms with van der Waals surface area (Å²) in [4.78, 5) is -0.178. The van der Waals surface area contributed by atoms with Crippen LogP contribution in [0, 0.1) is 0 Å². The number of benzene rings is 2. The molecule has 0 saturated carbocycles. The molecule has 0 bridgehead atoms. The van der Waals surface area contributed by atoms with Crippen LogP contribution in [-0.2, 0) is 16.5 Å². The van der Waals surface area contributed by atoms with Crippen LogP contribution in [0.25, 0.3) is 10.8 Å². The van der Waals surface area contributed by atoms with Crippen LogP contribution in [0.5, 0.6) is 5.75 Å². The monoisotopic (exact) mass is 280 g/mol. The number of phenols is 1. The maximum Gasteiger partial charge on any atom is 0.295 e. The van der Waals surface area contributed by atoms with Crippen LogP contribution in [0.3, 0.4) is 0 Å². The fraction of sp³-hybridized carbons (Fsp3) is 0.286. The van der Waals surface area contributed by atoms with Crippen molar-refractivity contribution in [2.45, 2.75) is 31.1 Å². The maximum absolute atomic E-state index is 11.3. The Balaban J connectivity index is 2.63. The van der Waals surface area contributed by atoms with Crippen LogP contribution in [0.1, 0.15) is 25.3 Å².